The maximum Gasteiger partial charge on any atom is 0.224 e. The van der Waals surface area contributed by atoms with Crippen molar-refractivity contribution < 1.29 is 19.1 Å². The van der Waals surface area contributed by atoms with E-state index in [4.69, 9.17) is 9.47 Å². The van der Waals surface area contributed by atoms with E-state index in [1.54, 1.807) is 14.2 Å². The Balaban J connectivity index is 2.57. The third-order valence-electron chi connectivity index (χ3n) is 3.10. The molecule has 0 aliphatic rings. The Hall–Kier alpha value is -2.24. The molecule has 0 heterocycles. The molecule has 1 aromatic rings. The molecule has 0 fully saturated rings. The number of hydrogen-bond donors (Lipinski definition) is 2. The molecule has 1 rings (SSSR count). The van der Waals surface area contributed by atoms with Crippen molar-refractivity contribution in [2.45, 2.75) is 19.8 Å². The maximum absolute atomic E-state index is 11.9. The van der Waals surface area contributed by atoms with Crippen molar-refractivity contribution >= 4 is 12.3 Å². The summed E-state index contributed by atoms with van der Waals surface area (Å²) in [6.45, 7) is 3.02. The van der Waals surface area contributed by atoms with Crippen molar-refractivity contribution in [1.82, 2.24) is 10.6 Å². The fraction of sp³-hybridized carbons (Fsp3) is 0.467. The van der Waals surface area contributed by atoms with Gasteiger partial charge in [-0.05, 0) is 36.6 Å². The molecule has 6 nitrogen and oxygen atoms in total. The lowest BCUT2D eigenvalue weighted by molar-refractivity contribution is -0.120. The number of rotatable bonds is 9. The van der Waals surface area contributed by atoms with E-state index in [0.717, 1.165) is 11.1 Å². The molecule has 0 radical (unpaired) electrons. The van der Waals surface area contributed by atoms with Crippen LogP contribution in [-0.4, -0.2) is 39.6 Å². The highest BCUT2D eigenvalue weighted by Crippen LogP contribution is 2.30. The zero-order valence-corrected chi connectivity index (χ0v) is 12.7. The quantitative estimate of drug-likeness (QED) is 0.522. The van der Waals surface area contributed by atoms with Crippen molar-refractivity contribution in [3.8, 4) is 11.5 Å². The smallest absolute Gasteiger partial charge is 0.224 e. The number of methoxy groups -OCH3 is 2. The number of ether oxygens (including phenoxy) is 2. The van der Waals surface area contributed by atoms with Gasteiger partial charge in [-0.1, -0.05) is 0 Å². The monoisotopic (exact) mass is 294 g/mol. The number of benzene rings is 1. The summed E-state index contributed by atoms with van der Waals surface area (Å²) in [5, 5.41) is 5.36. The Kier molecular flexibility index (Phi) is 7.08. The molecule has 21 heavy (non-hydrogen) atoms. The molecule has 0 aromatic heterocycles. The van der Waals surface area contributed by atoms with Gasteiger partial charge in [-0.2, -0.15) is 0 Å². The first-order chi connectivity index (χ1) is 10.1. The third-order valence-corrected chi connectivity index (χ3v) is 3.10. The van der Waals surface area contributed by atoms with Gasteiger partial charge in [-0.15, -0.1) is 0 Å². The SMILES string of the molecule is COc1cc(C)c(CC(=O)NCCCNC=O)cc1OC. The molecule has 0 unspecified atom stereocenters. The second-order valence-corrected chi connectivity index (χ2v) is 4.59. The Morgan fingerprint density at radius 1 is 1.19 bits per heavy atom. The van der Waals surface area contributed by atoms with Crippen LogP contribution in [0.25, 0.3) is 0 Å². The second-order valence-electron chi connectivity index (χ2n) is 4.59. The zero-order valence-electron chi connectivity index (χ0n) is 12.7. The number of carbonyl (C=O) groups excluding carboxylic acids is 2. The van der Waals surface area contributed by atoms with Crippen molar-refractivity contribution in [2.24, 2.45) is 0 Å². The highest BCUT2D eigenvalue weighted by Gasteiger charge is 2.11. The van der Waals surface area contributed by atoms with Crippen LogP contribution in [0.1, 0.15) is 17.5 Å². The molecule has 2 amide bonds. The van der Waals surface area contributed by atoms with E-state index in [1.165, 1.54) is 0 Å². The first-order valence-electron chi connectivity index (χ1n) is 6.77. The molecular weight excluding hydrogens is 272 g/mol. The average Bonchev–Trinajstić information content (AvgIpc) is 2.48. The summed E-state index contributed by atoms with van der Waals surface area (Å²) in [7, 11) is 3.15. The van der Waals surface area contributed by atoms with Gasteiger partial charge in [-0.25, -0.2) is 0 Å². The van der Waals surface area contributed by atoms with Crippen molar-refractivity contribution in [1.29, 1.82) is 0 Å². The number of aryl methyl sites for hydroxylation is 1. The number of amides is 2. The van der Waals surface area contributed by atoms with Crippen LogP contribution in [0.5, 0.6) is 11.5 Å². The average molecular weight is 294 g/mol. The number of carbonyl (C=O) groups is 2. The Bertz CT molecular complexity index is 489. The summed E-state index contributed by atoms with van der Waals surface area (Å²) in [6, 6.07) is 3.68. The van der Waals surface area contributed by atoms with Gasteiger partial charge in [0.05, 0.1) is 20.6 Å². The fourth-order valence-corrected chi connectivity index (χ4v) is 1.93. The maximum atomic E-state index is 11.9. The van der Waals surface area contributed by atoms with Crippen LogP contribution in [0.3, 0.4) is 0 Å². The molecule has 0 aliphatic carbocycles. The Morgan fingerprint density at radius 3 is 2.48 bits per heavy atom. The minimum absolute atomic E-state index is 0.0589. The topological polar surface area (TPSA) is 76.7 Å². The van der Waals surface area contributed by atoms with Gasteiger partial charge in [0.15, 0.2) is 11.5 Å². The van der Waals surface area contributed by atoms with E-state index < -0.39 is 0 Å². The van der Waals surface area contributed by atoms with E-state index in [2.05, 4.69) is 10.6 Å². The lowest BCUT2D eigenvalue weighted by Crippen LogP contribution is -2.28. The lowest BCUT2D eigenvalue weighted by atomic mass is 10.0. The molecule has 0 atom stereocenters. The standard InChI is InChI=1S/C15H22N2O4/c1-11-7-13(20-2)14(21-3)8-12(11)9-15(19)17-6-4-5-16-10-18/h7-8,10H,4-6,9H2,1-3H3,(H,16,18)(H,17,19). The van der Waals surface area contributed by atoms with E-state index in [0.29, 0.717) is 37.4 Å². The van der Waals surface area contributed by atoms with Gasteiger partial charge in [0, 0.05) is 13.1 Å². The largest absolute Gasteiger partial charge is 0.493 e. The Morgan fingerprint density at radius 2 is 1.86 bits per heavy atom. The van der Waals surface area contributed by atoms with E-state index in [9.17, 15) is 9.59 Å². The predicted molar refractivity (Wildman–Crippen MR) is 79.7 cm³/mol. The molecule has 2 N–H and O–H groups in total. The molecule has 0 bridgehead atoms. The normalized spacial score (nSPS) is 9.86. The Labute approximate surface area is 124 Å². The first kappa shape index (κ1) is 16.8. The summed E-state index contributed by atoms with van der Waals surface area (Å²) < 4.78 is 10.5. The first-order valence-corrected chi connectivity index (χ1v) is 6.77. The van der Waals surface area contributed by atoms with Crippen LogP contribution in [0, 0.1) is 6.92 Å². The minimum Gasteiger partial charge on any atom is -0.493 e. The molecule has 1 aromatic carbocycles. The summed E-state index contributed by atoms with van der Waals surface area (Å²) >= 11 is 0. The van der Waals surface area contributed by atoms with Gasteiger partial charge < -0.3 is 20.1 Å². The fourth-order valence-electron chi connectivity index (χ4n) is 1.93. The molecule has 0 spiro atoms. The van der Waals surface area contributed by atoms with Crippen molar-refractivity contribution in [3.63, 3.8) is 0 Å². The molecule has 116 valence electrons. The van der Waals surface area contributed by atoms with Gasteiger partial charge in [0.25, 0.3) is 0 Å². The van der Waals surface area contributed by atoms with Gasteiger partial charge in [-0.3, -0.25) is 9.59 Å². The molecule has 0 saturated heterocycles. The van der Waals surface area contributed by atoms with Gasteiger partial charge in [0.1, 0.15) is 0 Å². The van der Waals surface area contributed by atoms with Crippen LogP contribution < -0.4 is 20.1 Å². The van der Waals surface area contributed by atoms with E-state index in [-0.39, 0.29) is 12.3 Å². The second kappa shape index (κ2) is 8.84. The molecular formula is C15H22N2O4. The predicted octanol–water partition coefficient (Wildman–Crippen LogP) is 0.807. The summed E-state index contributed by atoms with van der Waals surface area (Å²) in [5.74, 6) is 1.21. The zero-order chi connectivity index (χ0) is 15.7. The lowest BCUT2D eigenvalue weighted by Gasteiger charge is -2.13. The number of hydrogen-bond acceptors (Lipinski definition) is 4. The van der Waals surface area contributed by atoms with Gasteiger partial charge in [0.2, 0.25) is 12.3 Å². The van der Waals surface area contributed by atoms with Crippen LogP contribution in [-0.2, 0) is 16.0 Å². The summed E-state index contributed by atoms with van der Waals surface area (Å²) in [5.41, 5.74) is 1.88. The molecule has 6 heteroatoms. The highest BCUT2D eigenvalue weighted by molar-refractivity contribution is 5.79. The van der Waals surface area contributed by atoms with E-state index in [1.807, 2.05) is 19.1 Å². The van der Waals surface area contributed by atoms with Crippen LogP contribution in [0.15, 0.2) is 12.1 Å². The molecule has 0 saturated carbocycles. The third kappa shape index (κ3) is 5.33. The van der Waals surface area contributed by atoms with Crippen molar-refractivity contribution in [3.05, 3.63) is 23.3 Å². The van der Waals surface area contributed by atoms with Crippen LogP contribution >= 0.6 is 0 Å². The summed E-state index contributed by atoms with van der Waals surface area (Å²) in [4.78, 5) is 22.0. The van der Waals surface area contributed by atoms with Crippen molar-refractivity contribution in [2.75, 3.05) is 27.3 Å². The van der Waals surface area contributed by atoms with Crippen LogP contribution in [0.4, 0.5) is 0 Å². The summed E-state index contributed by atoms with van der Waals surface area (Å²) in [6.07, 6.45) is 1.64. The number of nitrogens with one attached hydrogen (secondary N) is 2. The minimum atomic E-state index is -0.0589. The van der Waals surface area contributed by atoms with Crippen LogP contribution in [0.2, 0.25) is 0 Å². The molecule has 0 aliphatic heterocycles. The highest BCUT2D eigenvalue weighted by atomic mass is 16.5. The van der Waals surface area contributed by atoms with E-state index >= 15 is 0 Å². The van der Waals surface area contributed by atoms with Gasteiger partial charge >= 0.3 is 0 Å².